The Morgan fingerprint density at radius 2 is 1.76 bits per heavy atom. The smallest absolute Gasteiger partial charge is 0.276 e. The summed E-state index contributed by atoms with van der Waals surface area (Å²) in [6.07, 6.45) is 2.00. The van der Waals surface area contributed by atoms with Crippen molar-refractivity contribution in [3.8, 4) is 0 Å². The zero-order valence-electron chi connectivity index (χ0n) is 15.6. The number of rotatable bonds is 7. The monoisotopic (exact) mass is 389 g/mol. The topological polar surface area (TPSA) is 101 Å². The Hall–Kier alpha value is -3.81. The number of hydrogen-bond donors (Lipinski definition) is 1. The van der Waals surface area contributed by atoms with Gasteiger partial charge in [0.25, 0.3) is 11.6 Å². The third kappa shape index (κ3) is 4.37. The first kappa shape index (κ1) is 18.5. The summed E-state index contributed by atoms with van der Waals surface area (Å²) in [5, 5.41) is 22.4. The second-order valence-electron chi connectivity index (χ2n) is 6.84. The molecule has 0 radical (unpaired) electrons. The number of nitro benzene ring substituents is 1. The zero-order valence-corrected chi connectivity index (χ0v) is 15.6. The van der Waals surface area contributed by atoms with Gasteiger partial charge in [-0.1, -0.05) is 36.4 Å². The number of carbonyl (C=O) groups is 1. The molecule has 1 aromatic heterocycles. The number of nitrogens with zero attached hydrogens (tertiary/aromatic N) is 4. The Labute approximate surface area is 167 Å². The molecule has 2 aromatic carbocycles. The van der Waals surface area contributed by atoms with Crippen molar-refractivity contribution < 1.29 is 9.72 Å². The van der Waals surface area contributed by atoms with Crippen LogP contribution in [0, 0.1) is 10.1 Å². The van der Waals surface area contributed by atoms with Crippen molar-refractivity contribution in [2.45, 2.75) is 25.4 Å². The Bertz CT molecular complexity index is 1020. The number of amides is 1. The van der Waals surface area contributed by atoms with Crippen LogP contribution in [0.4, 0.5) is 17.2 Å². The molecule has 0 saturated heterocycles. The molecular weight excluding hydrogens is 370 g/mol. The first-order valence-electron chi connectivity index (χ1n) is 9.31. The van der Waals surface area contributed by atoms with E-state index in [1.807, 2.05) is 23.1 Å². The maximum Gasteiger partial charge on any atom is 0.276 e. The molecule has 1 aliphatic rings. The van der Waals surface area contributed by atoms with Crippen LogP contribution >= 0.6 is 0 Å². The fourth-order valence-corrected chi connectivity index (χ4v) is 3.11. The maximum absolute atomic E-state index is 12.3. The number of benzene rings is 2. The van der Waals surface area contributed by atoms with Crippen LogP contribution in [0.25, 0.3) is 0 Å². The minimum absolute atomic E-state index is 0.0879. The van der Waals surface area contributed by atoms with Crippen LogP contribution in [0.5, 0.6) is 0 Å². The van der Waals surface area contributed by atoms with Crippen molar-refractivity contribution in [3.63, 3.8) is 0 Å². The fraction of sp³-hybridized carbons (Fsp3) is 0.190. The molecule has 1 amide bonds. The second-order valence-corrected chi connectivity index (χ2v) is 6.84. The lowest BCUT2D eigenvalue weighted by Crippen LogP contribution is -2.27. The van der Waals surface area contributed by atoms with Gasteiger partial charge in [0, 0.05) is 23.4 Å². The summed E-state index contributed by atoms with van der Waals surface area (Å²) in [6, 6.07) is 19.4. The Balaban J connectivity index is 1.52. The highest BCUT2D eigenvalue weighted by Crippen LogP contribution is 2.33. The second kappa shape index (κ2) is 8.05. The van der Waals surface area contributed by atoms with Crippen LogP contribution in [-0.2, 0) is 6.54 Å². The van der Waals surface area contributed by atoms with Gasteiger partial charge in [0.2, 0.25) is 0 Å². The summed E-state index contributed by atoms with van der Waals surface area (Å²) in [6.45, 7) is 0.367. The van der Waals surface area contributed by atoms with E-state index in [-0.39, 0.29) is 28.3 Å². The summed E-state index contributed by atoms with van der Waals surface area (Å²) < 4.78 is 0. The molecule has 0 spiro atoms. The molecule has 146 valence electrons. The van der Waals surface area contributed by atoms with E-state index in [9.17, 15) is 14.9 Å². The lowest BCUT2D eigenvalue weighted by molar-refractivity contribution is -0.385. The number of aromatic nitrogens is 2. The third-order valence-electron chi connectivity index (χ3n) is 4.73. The van der Waals surface area contributed by atoms with Crippen LogP contribution in [0.2, 0.25) is 0 Å². The molecule has 8 nitrogen and oxygen atoms in total. The van der Waals surface area contributed by atoms with E-state index in [0.717, 1.165) is 12.8 Å². The molecule has 0 aliphatic heterocycles. The van der Waals surface area contributed by atoms with Crippen molar-refractivity contribution in [2.24, 2.45) is 0 Å². The molecule has 1 aliphatic carbocycles. The minimum atomic E-state index is -0.372. The van der Waals surface area contributed by atoms with Gasteiger partial charge >= 0.3 is 0 Å². The summed E-state index contributed by atoms with van der Waals surface area (Å²) in [5.74, 6) is 0.258. The third-order valence-corrected chi connectivity index (χ3v) is 4.73. The molecule has 3 aromatic rings. The van der Waals surface area contributed by atoms with Crippen LogP contribution < -0.4 is 10.2 Å². The summed E-state index contributed by atoms with van der Waals surface area (Å²) in [7, 11) is 0. The van der Waals surface area contributed by atoms with Gasteiger partial charge in [0.1, 0.15) is 0 Å². The molecule has 0 unspecified atom stereocenters. The Morgan fingerprint density at radius 1 is 1.03 bits per heavy atom. The van der Waals surface area contributed by atoms with Crippen molar-refractivity contribution in [1.82, 2.24) is 10.2 Å². The van der Waals surface area contributed by atoms with Crippen molar-refractivity contribution in [1.29, 1.82) is 0 Å². The zero-order chi connectivity index (χ0) is 20.2. The lowest BCUT2D eigenvalue weighted by Gasteiger charge is -2.23. The number of nitro groups is 1. The van der Waals surface area contributed by atoms with Gasteiger partial charge in [-0.3, -0.25) is 14.9 Å². The predicted octanol–water partition coefficient (Wildman–Crippen LogP) is 3.81. The largest absolute Gasteiger partial charge is 0.348 e. The molecule has 0 atom stereocenters. The number of carbonyl (C=O) groups excluding carboxylic acids is 1. The summed E-state index contributed by atoms with van der Waals surface area (Å²) in [4.78, 5) is 25.3. The van der Waals surface area contributed by atoms with Gasteiger partial charge in [-0.2, -0.15) is 0 Å². The number of para-hydroxylation sites is 2. The molecule has 29 heavy (non-hydrogen) atoms. The molecule has 1 fully saturated rings. The minimum Gasteiger partial charge on any atom is -0.348 e. The van der Waals surface area contributed by atoms with E-state index in [1.165, 1.54) is 6.07 Å². The van der Waals surface area contributed by atoms with Gasteiger partial charge < -0.3 is 10.2 Å². The van der Waals surface area contributed by atoms with Crippen LogP contribution in [-0.4, -0.2) is 27.1 Å². The molecular formula is C21H19N5O3. The maximum atomic E-state index is 12.3. The van der Waals surface area contributed by atoms with Crippen LogP contribution in [0.1, 0.15) is 28.9 Å². The van der Waals surface area contributed by atoms with Crippen LogP contribution in [0.15, 0.2) is 66.7 Å². The van der Waals surface area contributed by atoms with Crippen molar-refractivity contribution >= 4 is 23.1 Å². The van der Waals surface area contributed by atoms with E-state index < -0.39 is 0 Å². The van der Waals surface area contributed by atoms with E-state index >= 15 is 0 Å². The van der Waals surface area contributed by atoms with Gasteiger partial charge in [-0.15, -0.1) is 10.2 Å². The van der Waals surface area contributed by atoms with E-state index in [0.29, 0.717) is 23.6 Å². The highest BCUT2D eigenvalue weighted by atomic mass is 16.6. The van der Waals surface area contributed by atoms with Gasteiger partial charge in [-0.25, -0.2) is 0 Å². The molecule has 1 N–H and O–H groups in total. The summed E-state index contributed by atoms with van der Waals surface area (Å²) in [5.41, 5.74) is 1.60. The Morgan fingerprint density at radius 3 is 2.41 bits per heavy atom. The lowest BCUT2D eigenvalue weighted by atomic mass is 10.1. The van der Waals surface area contributed by atoms with E-state index in [1.54, 1.807) is 42.5 Å². The predicted molar refractivity (Wildman–Crippen MR) is 109 cm³/mol. The molecule has 4 rings (SSSR count). The summed E-state index contributed by atoms with van der Waals surface area (Å²) >= 11 is 0. The molecule has 1 saturated carbocycles. The molecule has 0 bridgehead atoms. The van der Waals surface area contributed by atoms with Crippen molar-refractivity contribution in [3.05, 3.63) is 88.1 Å². The highest BCUT2D eigenvalue weighted by Gasteiger charge is 2.31. The first-order chi connectivity index (χ1) is 14.1. The van der Waals surface area contributed by atoms with Crippen LogP contribution in [0.3, 0.4) is 0 Å². The fourth-order valence-electron chi connectivity index (χ4n) is 3.11. The number of anilines is 2. The SMILES string of the molecule is O=C(Nc1ccccc1)c1ccc(N(Cc2ccccc2[N+](=O)[O-])C2CC2)nn1. The average molecular weight is 389 g/mol. The first-order valence-corrected chi connectivity index (χ1v) is 9.31. The van der Waals surface area contributed by atoms with Gasteiger partial charge in [0.15, 0.2) is 11.5 Å². The van der Waals surface area contributed by atoms with Gasteiger partial charge in [-0.05, 0) is 37.1 Å². The number of hydrogen-bond acceptors (Lipinski definition) is 6. The molecule has 8 heteroatoms. The van der Waals surface area contributed by atoms with E-state index in [2.05, 4.69) is 15.5 Å². The Kier molecular flexibility index (Phi) is 5.15. The van der Waals surface area contributed by atoms with E-state index in [4.69, 9.17) is 0 Å². The average Bonchev–Trinajstić information content (AvgIpc) is 3.58. The highest BCUT2D eigenvalue weighted by molar-refractivity contribution is 6.02. The van der Waals surface area contributed by atoms with Crippen molar-refractivity contribution in [2.75, 3.05) is 10.2 Å². The standard InChI is InChI=1S/C21H19N5O3/c27-21(22-16-7-2-1-3-8-16)18-12-13-20(24-23-18)25(17-10-11-17)14-15-6-4-5-9-19(15)26(28)29/h1-9,12-13,17H,10-11,14H2,(H,22,27). The van der Waals surface area contributed by atoms with Gasteiger partial charge in [0.05, 0.1) is 11.5 Å². The quantitative estimate of drug-likeness (QED) is 0.487. The molecule has 1 heterocycles. The normalized spacial score (nSPS) is 13.0. The number of nitrogens with one attached hydrogen (secondary N) is 1.